The minimum atomic E-state index is -2.17. The summed E-state index contributed by atoms with van der Waals surface area (Å²) in [7, 11) is 0. The molecule has 0 amide bonds. The van der Waals surface area contributed by atoms with Gasteiger partial charge >= 0.3 is 0 Å². The van der Waals surface area contributed by atoms with Crippen molar-refractivity contribution < 1.29 is 40.5 Å². The Morgan fingerprint density at radius 3 is 1.62 bits per heavy atom. The third-order valence-electron chi connectivity index (χ3n) is 2.04. The minimum absolute atomic E-state index is 0.885. The van der Waals surface area contributed by atoms with Gasteiger partial charge in [0.2, 0.25) is 0 Å². The van der Waals surface area contributed by atoms with Crippen molar-refractivity contribution in [3.63, 3.8) is 0 Å². The number of rotatable bonds is 7. The average molecular weight is 240 g/mol. The number of hydrogen-bond donors (Lipinski definition) is 7. The number of carbonyl (C=O) groups excluding carboxylic acids is 1. The zero-order valence-electron chi connectivity index (χ0n) is 8.34. The van der Waals surface area contributed by atoms with Gasteiger partial charge in [-0.2, -0.15) is 0 Å². The van der Waals surface area contributed by atoms with Crippen molar-refractivity contribution in [2.24, 2.45) is 0 Å². The first-order chi connectivity index (χ1) is 7.36. The van der Waals surface area contributed by atoms with E-state index < -0.39 is 49.5 Å². The predicted octanol–water partition coefficient (Wildman–Crippen LogP) is -4.66. The summed E-state index contributed by atoms with van der Waals surface area (Å²) in [6.07, 6.45) is -9.78. The highest BCUT2D eigenvalue weighted by Gasteiger charge is 2.36. The standard InChI is InChI=1S/C8H16O8/c9-1-3(11)5(13)7(15)8(16)6(14)4(12)2-10/h3-7,9-15H,1-2H2/t3-,4+,5-,6-,7+/m0/s1. The first-order valence-electron chi connectivity index (χ1n) is 4.52. The highest BCUT2D eigenvalue weighted by atomic mass is 16.4. The van der Waals surface area contributed by atoms with Gasteiger partial charge < -0.3 is 35.7 Å². The monoisotopic (exact) mass is 240 g/mol. The molecule has 0 aromatic heterocycles. The molecule has 0 aliphatic rings. The topological polar surface area (TPSA) is 159 Å². The lowest BCUT2D eigenvalue weighted by molar-refractivity contribution is -0.155. The molecule has 0 rings (SSSR count). The molecule has 0 aromatic rings. The molecule has 0 heterocycles. The van der Waals surface area contributed by atoms with E-state index in [0.717, 1.165) is 0 Å². The normalized spacial score (nSPS) is 20.9. The van der Waals surface area contributed by atoms with E-state index in [1.165, 1.54) is 0 Å². The lowest BCUT2D eigenvalue weighted by atomic mass is 9.98. The van der Waals surface area contributed by atoms with Crippen LogP contribution in [0.3, 0.4) is 0 Å². The smallest absolute Gasteiger partial charge is 0.195 e. The first kappa shape index (κ1) is 15.4. The van der Waals surface area contributed by atoms with Gasteiger partial charge in [0.15, 0.2) is 5.78 Å². The maximum Gasteiger partial charge on any atom is 0.195 e. The van der Waals surface area contributed by atoms with Crippen LogP contribution in [0.4, 0.5) is 0 Å². The van der Waals surface area contributed by atoms with Gasteiger partial charge in [0, 0.05) is 0 Å². The Morgan fingerprint density at radius 2 is 1.25 bits per heavy atom. The zero-order valence-corrected chi connectivity index (χ0v) is 8.34. The number of hydrogen-bond acceptors (Lipinski definition) is 8. The molecule has 0 aliphatic carbocycles. The molecule has 0 saturated heterocycles. The van der Waals surface area contributed by atoms with Crippen LogP contribution < -0.4 is 0 Å². The molecule has 0 radical (unpaired) electrons. The minimum Gasteiger partial charge on any atom is -0.394 e. The molecule has 96 valence electrons. The van der Waals surface area contributed by atoms with E-state index in [4.69, 9.17) is 30.6 Å². The molecular formula is C8H16O8. The average Bonchev–Trinajstić information content (AvgIpc) is 2.32. The molecule has 0 bridgehead atoms. The summed E-state index contributed by atoms with van der Waals surface area (Å²) in [4.78, 5) is 11.2. The van der Waals surface area contributed by atoms with Gasteiger partial charge in [-0.05, 0) is 0 Å². The van der Waals surface area contributed by atoms with E-state index in [0.29, 0.717) is 0 Å². The molecule has 0 unspecified atom stereocenters. The van der Waals surface area contributed by atoms with Crippen molar-refractivity contribution in [2.45, 2.75) is 30.5 Å². The van der Waals surface area contributed by atoms with E-state index in [-0.39, 0.29) is 0 Å². The fraction of sp³-hybridized carbons (Fsp3) is 0.875. The Morgan fingerprint density at radius 1 is 0.812 bits per heavy atom. The maximum atomic E-state index is 11.2. The van der Waals surface area contributed by atoms with E-state index in [9.17, 15) is 9.90 Å². The fourth-order valence-corrected chi connectivity index (χ4v) is 0.951. The summed E-state index contributed by atoms with van der Waals surface area (Å²) in [6, 6.07) is 0. The Balaban J connectivity index is 4.48. The van der Waals surface area contributed by atoms with E-state index in [1.54, 1.807) is 0 Å². The second kappa shape index (κ2) is 6.86. The summed E-state index contributed by atoms with van der Waals surface area (Å²) in [6.45, 7) is -1.79. The van der Waals surface area contributed by atoms with Crippen LogP contribution in [0.2, 0.25) is 0 Å². The van der Waals surface area contributed by atoms with Crippen LogP contribution >= 0.6 is 0 Å². The van der Waals surface area contributed by atoms with Crippen molar-refractivity contribution in [1.29, 1.82) is 0 Å². The molecule has 5 atom stereocenters. The second-order valence-corrected chi connectivity index (χ2v) is 3.28. The second-order valence-electron chi connectivity index (χ2n) is 3.28. The number of Topliss-reactive ketones (excluding diaryl/α,β-unsaturated/α-hetero) is 1. The summed E-state index contributed by atoms with van der Waals surface area (Å²) < 4.78 is 0. The summed E-state index contributed by atoms with van der Waals surface area (Å²) >= 11 is 0. The third kappa shape index (κ3) is 3.76. The number of aliphatic hydroxyl groups is 7. The zero-order chi connectivity index (χ0) is 12.9. The fourth-order valence-electron chi connectivity index (χ4n) is 0.951. The third-order valence-corrected chi connectivity index (χ3v) is 2.04. The van der Waals surface area contributed by atoms with Crippen LogP contribution in [0.5, 0.6) is 0 Å². The van der Waals surface area contributed by atoms with Gasteiger partial charge in [-0.15, -0.1) is 0 Å². The first-order valence-corrected chi connectivity index (χ1v) is 4.52. The van der Waals surface area contributed by atoms with E-state index >= 15 is 0 Å². The molecule has 0 saturated carbocycles. The Bertz CT molecular complexity index is 220. The van der Waals surface area contributed by atoms with Crippen LogP contribution in [-0.4, -0.2) is 85.3 Å². The molecule has 8 heteroatoms. The van der Waals surface area contributed by atoms with Crippen LogP contribution in [0.25, 0.3) is 0 Å². The highest BCUT2D eigenvalue weighted by molar-refractivity contribution is 5.88. The van der Waals surface area contributed by atoms with E-state index in [2.05, 4.69) is 0 Å². The lowest BCUT2D eigenvalue weighted by Crippen LogP contribution is -2.50. The molecule has 0 aliphatic heterocycles. The van der Waals surface area contributed by atoms with Gasteiger partial charge in [-0.1, -0.05) is 0 Å². The van der Waals surface area contributed by atoms with Crippen LogP contribution in [0, 0.1) is 0 Å². The van der Waals surface area contributed by atoms with Crippen molar-refractivity contribution in [2.75, 3.05) is 13.2 Å². The van der Waals surface area contributed by atoms with Crippen molar-refractivity contribution in [3.8, 4) is 0 Å². The number of aliphatic hydroxyl groups excluding tert-OH is 7. The summed E-state index contributed by atoms with van der Waals surface area (Å²) in [5, 5.41) is 62.1. The largest absolute Gasteiger partial charge is 0.394 e. The van der Waals surface area contributed by atoms with Crippen LogP contribution in [0.15, 0.2) is 0 Å². The van der Waals surface area contributed by atoms with Crippen molar-refractivity contribution in [1.82, 2.24) is 0 Å². The van der Waals surface area contributed by atoms with Gasteiger partial charge in [0.05, 0.1) is 13.2 Å². The van der Waals surface area contributed by atoms with Gasteiger partial charge in [0.25, 0.3) is 0 Å². The van der Waals surface area contributed by atoms with Crippen LogP contribution in [0.1, 0.15) is 0 Å². The SMILES string of the molecule is O=C([C@@H](O)[C@H](O)CO)[C@H](O)[C@@H](O)[C@@H](O)CO. The van der Waals surface area contributed by atoms with Crippen LogP contribution in [-0.2, 0) is 4.79 Å². The summed E-state index contributed by atoms with van der Waals surface area (Å²) in [5.41, 5.74) is 0. The van der Waals surface area contributed by atoms with Gasteiger partial charge in [-0.25, -0.2) is 0 Å². The predicted molar refractivity (Wildman–Crippen MR) is 49.2 cm³/mol. The Labute approximate surface area is 91.0 Å². The highest BCUT2D eigenvalue weighted by Crippen LogP contribution is 2.06. The molecule has 8 nitrogen and oxygen atoms in total. The molecular weight excluding hydrogens is 224 g/mol. The molecule has 0 spiro atoms. The molecule has 7 N–H and O–H groups in total. The van der Waals surface area contributed by atoms with Crippen molar-refractivity contribution in [3.05, 3.63) is 0 Å². The number of carbonyl (C=O) groups is 1. The van der Waals surface area contributed by atoms with E-state index in [1.807, 2.05) is 0 Å². The lowest BCUT2D eigenvalue weighted by Gasteiger charge is -2.23. The Hall–Kier alpha value is -0.610. The summed E-state index contributed by atoms with van der Waals surface area (Å²) in [5.74, 6) is -1.36. The number of ketones is 1. The van der Waals surface area contributed by atoms with Gasteiger partial charge in [-0.3, -0.25) is 4.79 Å². The van der Waals surface area contributed by atoms with Gasteiger partial charge in [0.1, 0.15) is 30.5 Å². The quantitative estimate of drug-likeness (QED) is 0.234. The Kier molecular flexibility index (Phi) is 6.60. The molecule has 0 aromatic carbocycles. The molecule has 16 heavy (non-hydrogen) atoms. The van der Waals surface area contributed by atoms with Crippen molar-refractivity contribution >= 4 is 5.78 Å². The maximum absolute atomic E-state index is 11.2. The molecule has 0 fully saturated rings.